The maximum absolute atomic E-state index is 12.0. The fraction of sp³-hybridized carbons (Fsp3) is 0.0667. The molecular weight excluding hydrogens is 272 g/mol. The van der Waals surface area contributed by atoms with Gasteiger partial charge in [-0.1, -0.05) is 18.2 Å². The van der Waals surface area contributed by atoms with E-state index in [1.807, 2.05) is 30.3 Å². The van der Waals surface area contributed by atoms with Gasteiger partial charge in [0.1, 0.15) is 5.75 Å². The fourth-order valence-electron chi connectivity index (χ4n) is 1.60. The fourth-order valence-corrected chi connectivity index (χ4v) is 1.81. The minimum absolute atomic E-state index is 0.261. The van der Waals surface area contributed by atoms with Crippen molar-refractivity contribution in [1.82, 2.24) is 5.32 Å². The third kappa shape index (κ3) is 3.80. The van der Waals surface area contributed by atoms with Gasteiger partial charge in [0.25, 0.3) is 5.91 Å². The summed E-state index contributed by atoms with van der Waals surface area (Å²) in [6.45, 7) is 0. The molecule has 0 saturated heterocycles. The highest BCUT2D eigenvalue weighted by atomic mass is 32.1. The highest BCUT2D eigenvalue weighted by Crippen LogP contribution is 2.11. The van der Waals surface area contributed by atoms with Crippen LogP contribution in [-0.4, -0.2) is 18.1 Å². The van der Waals surface area contributed by atoms with Crippen molar-refractivity contribution in [3.8, 4) is 5.75 Å². The van der Waals surface area contributed by atoms with Gasteiger partial charge in [-0.25, -0.2) is 0 Å². The Morgan fingerprint density at radius 1 is 1.05 bits per heavy atom. The number of hydrogen-bond donors (Lipinski definition) is 2. The van der Waals surface area contributed by atoms with Gasteiger partial charge >= 0.3 is 0 Å². The third-order valence-corrected chi connectivity index (χ3v) is 2.82. The van der Waals surface area contributed by atoms with Gasteiger partial charge in [0.15, 0.2) is 5.11 Å². The standard InChI is InChI=1S/C15H14N2O2S/c1-19-13-9-7-11(8-10-13)14(18)17-15(20)16-12-5-3-2-4-6-12/h2-10H,1H3,(H2,16,17,18,20). The zero-order valence-electron chi connectivity index (χ0n) is 10.9. The van der Waals surface area contributed by atoms with E-state index in [0.717, 1.165) is 5.69 Å². The third-order valence-electron chi connectivity index (χ3n) is 2.61. The van der Waals surface area contributed by atoms with E-state index in [9.17, 15) is 4.79 Å². The predicted octanol–water partition coefficient (Wildman–Crippen LogP) is 2.82. The quantitative estimate of drug-likeness (QED) is 0.852. The second-order valence-electron chi connectivity index (χ2n) is 4.00. The van der Waals surface area contributed by atoms with Crippen molar-refractivity contribution in [1.29, 1.82) is 0 Å². The Kier molecular flexibility index (Phi) is 4.68. The van der Waals surface area contributed by atoms with E-state index in [-0.39, 0.29) is 11.0 Å². The highest BCUT2D eigenvalue weighted by Gasteiger charge is 2.07. The summed E-state index contributed by atoms with van der Waals surface area (Å²) >= 11 is 5.09. The molecule has 102 valence electrons. The highest BCUT2D eigenvalue weighted by molar-refractivity contribution is 7.80. The van der Waals surface area contributed by atoms with Gasteiger partial charge in [0.2, 0.25) is 0 Å². The van der Waals surface area contributed by atoms with Crippen LogP contribution in [0.15, 0.2) is 54.6 Å². The van der Waals surface area contributed by atoms with Gasteiger partial charge in [-0.2, -0.15) is 0 Å². The molecule has 20 heavy (non-hydrogen) atoms. The number of para-hydroxylation sites is 1. The van der Waals surface area contributed by atoms with Crippen LogP contribution >= 0.6 is 12.2 Å². The maximum atomic E-state index is 12.0. The second kappa shape index (κ2) is 6.68. The lowest BCUT2D eigenvalue weighted by molar-refractivity contribution is 0.0977. The molecule has 2 N–H and O–H groups in total. The minimum atomic E-state index is -0.263. The van der Waals surface area contributed by atoms with E-state index in [0.29, 0.717) is 11.3 Å². The number of methoxy groups -OCH3 is 1. The lowest BCUT2D eigenvalue weighted by Gasteiger charge is -2.09. The van der Waals surface area contributed by atoms with Crippen LogP contribution in [-0.2, 0) is 0 Å². The van der Waals surface area contributed by atoms with Crippen molar-refractivity contribution in [3.63, 3.8) is 0 Å². The summed E-state index contributed by atoms with van der Waals surface area (Å²) in [6.07, 6.45) is 0. The molecule has 0 aliphatic carbocycles. The number of nitrogens with one attached hydrogen (secondary N) is 2. The van der Waals surface area contributed by atoms with Crippen LogP contribution in [0.4, 0.5) is 5.69 Å². The van der Waals surface area contributed by atoms with Gasteiger partial charge in [-0.15, -0.1) is 0 Å². The minimum Gasteiger partial charge on any atom is -0.497 e. The van der Waals surface area contributed by atoms with Gasteiger partial charge in [0.05, 0.1) is 7.11 Å². The van der Waals surface area contributed by atoms with Gasteiger partial charge in [0, 0.05) is 11.3 Å². The number of hydrogen-bond acceptors (Lipinski definition) is 3. The number of benzene rings is 2. The average molecular weight is 286 g/mol. The summed E-state index contributed by atoms with van der Waals surface area (Å²) in [7, 11) is 1.58. The van der Waals surface area contributed by atoms with Crippen LogP contribution < -0.4 is 15.4 Å². The van der Waals surface area contributed by atoms with Crippen molar-refractivity contribution >= 4 is 28.9 Å². The molecule has 1 amide bonds. The Balaban J connectivity index is 1.95. The number of rotatable bonds is 3. The van der Waals surface area contributed by atoms with E-state index < -0.39 is 0 Å². The Morgan fingerprint density at radius 3 is 2.30 bits per heavy atom. The number of ether oxygens (including phenoxy) is 1. The lowest BCUT2D eigenvalue weighted by Crippen LogP contribution is -2.34. The van der Waals surface area contributed by atoms with Crippen LogP contribution in [0.25, 0.3) is 0 Å². The van der Waals surface area contributed by atoms with Crippen molar-refractivity contribution in [2.24, 2.45) is 0 Å². The molecule has 0 spiro atoms. The molecule has 0 heterocycles. The largest absolute Gasteiger partial charge is 0.497 e. The number of carbonyl (C=O) groups is 1. The second-order valence-corrected chi connectivity index (χ2v) is 4.41. The summed E-state index contributed by atoms with van der Waals surface area (Å²) in [4.78, 5) is 12.0. The van der Waals surface area contributed by atoms with E-state index in [2.05, 4.69) is 10.6 Å². The van der Waals surface area contributed by atoms with Crippen molar-refractivity contribution in [2.75, 3.05) is 12.4 Å². The first-order chi connectivity index (χ1) is 9.69. The molecule has 0 radical (unpaired) electrons. The Bertz CT molecular complexity index is 597. The molecule has 0 bridgehead atoms. The molecule has 0 aromatic heterocycles. The smallest absolute Gasteiger partial charge is 0.257 e. The normalized spacial score (nSPS) is 9.65. The van der Waals surface area contributed by atoms with E-state index in [4.69, 9.17) is 17.0 Å². The van der Waals surface area contributed by atoms with E-state index in [1.54, 1.807) is 31.4 Å². The molecule has 0 fully saturated rings. The summed E-state index contributed by atoms with van der Waals surface area (Å²) in [5, 5.41) is 5.82. The molecule has 2 aromatic rings. The molecule has 0 unspecified atom stereocenters. The molecule has 0 atom stereocenters. The van der Waals surface area contributed by atoms with Crippen LogP contribution in [0.2, 0.25) is 0 Å². The maximum Gasteiger partial charge on any atom is 0.257 e. The van der Waals surface area contributed by atoms with Gasteiger partial charge in [-0.3, -0.25) is 10.1 Å². The first-order valence-corrected chi connectivity index (χ1v) is 6.41. The average Bonchev–Trinajstić information content (AvgIpc) is 2.48. The Hall–Kier alpha value is -2.40. The molecule has 2 aromatic carbocycles. The van der Waals surface area contributed by atoms with Crippen molar-refractivity contribution < 1.29 is 9.53 Å². The molecule has 2 rings (SSSR count). The lowest BCUT2D eigenvalue weighted by atomic mass is 10.2. The molecule has 0 saturated carbocycles. The van der Waals surface area contributed by atoms with Crippen molar-refractivity contribution in [3.05, 3.63) is 60.2 Å². The molecule has 0 aliphatic rings. The molecule has 4 nitrogen and oxygen atoms in total. The zero-order chi connectivity index (χ0) is 14.4. The van der Waals surface area contributed by atoms with Crippen LogP contribution in [0, 0.1) is 0 Å². The number of carbonyl (C=O) groups excluding carboxylic acids is 1. The van der Waals surface area contributed by atoms with Crippen LogP contribution in [0.1, 0.15) is 10.4 Å². The zero-order valence-corrected chi connectivity index (χ0v) is 11.7. The molecular formula is C15H14N2O2S. The Morgan fingerprint density at radius 2 is 1.70 bits per heavy atom. The monoisotopic (exact) mass is 286 g/mol. The van der Waals surface area contributed by atoms with Gasteiger partial charge in [-0.05, 0) is 48.6 Å². The summed E-state index contributed by atoms with van der Waals surface area (Å²) < 4.78 is 5.04. The van der Waals surface area contributed by atoms with Crippen LogP contribution in [0.3, 0.4) is 0 Å². The SMILES string of the molecule is COc1ccc(C(=O)NC(=S)Nc2ccccc2)cc1. The number of thiocarbonyl (C=S) groups is 1. The first kappa shape index (κ1) is 14.0. The Labute approximate surface area is 122 Å². The first-order valence-electron chi connectivity index (χ1n) is 6.00. The predicted molar refractivity (Wildman–Crippen MR) is 83.1 cm³/mol. The number of amides is 1. The summed E-state index contributed by atoms with van der Waals surface area (Å²) in [5.74, 6) is 0.438. The van der Waals surface area contributed by atoms with E-state index >= 15 is 0 Å². The topological polar surface area (TPSA) is 50.4 Å². The summed E-state index contributed by atoms with van der Waals surface area (Å²) in [6, 6.07) is 16.2. The van der Waals surface area contributed by atoms with E-state index in [1.165, 1.54) is 0 Å². The van der Waals surface area contributed by atoms with Crippen LogP contribution in [0.5, 0.6) is 5.75 Å². The molecule has 5 heteroatoms. The van der Waals surface area contributed by atoms with Gasteiger partial charge < -0.3 is 10.1 Å². The van der Waals surface area contributed by atoms with Crippen molar-refractivity contribution in [2.45, 2.75) is 0 Å². The molecule has 0 aliphatic heterocycles. The summed E-state index contributed by atoms with van der Waals surface area (Å²) in [5.41, 5.74) is 1.34. The number of anilines is 1.